The van der Waals surface area contributed by atoms with E-state index in [1.54, 1.807) is 7.11 Å². The molecule has 0 aromatic heterocycles. The van der Waals surface area contributed by atoms with Crippen molar-refractivity contribution in [3.63, 3.8) is 0 Å². The summed E-state index contributed by atoms with van der Waals surface area (Å²) < 4.78 is 20.1. The van der Waals surface area contributed by atoms with Gasteiger partial charge in [-0.3, -0.25) is 0 Å². The first-order chi connectivity index (χ1) is 12.7. The molecular weight excluding hydrogens is 340 g/mol. The third kappa shape index (κ3) is 2.61. The van der Waals surface area contributed by atoms with Crippen molar-refractivity contribution in [3.8, 4) is 5.75 Å². The van der Waals surface area contributed by atoms with Crippen LogP contribution in [0.4, 0.5) is 0 Å². The van der Waals surface area contributed by atoms with E-state index in [1.165, 1.54) is 0 Å². The lowest BCUT2D eigenvalue weighted by atomic mass is 10.1. The Kier molecular flexibility index (Phi) is 4.31. The summed E-state index contributed by atoms with van der Waals surface area (Å²) in [4.78, 5) is 2.43. The first-order valence-corrected chi connectivity index (χ1v) is 10.0. The largest absolute Gasteiger partial charge is 0.496 e. The van der Waals surface area contributed by atoms with E-state index in [-0.39, 0.29) is 0 Å². The van der Waals surface area contributed by atoms with Gasteiger partial charge in [0.15, 0.2) is 24.6 Å². The van der Waals surface area contributed by atoms with E-state index in [9.17, 15) is 4.21 Å². The van der Waals surface area contributed by atoms with Gasteiger partial charge >= 0.3 is 0 Å². The number of fused-ring (bicyclic) bond motifs is 1. The predicted molar refractivity (Wildman–Crippen MR) is 106 cm³/mol. The molecule has 0 aliphatic carbocycles. The van der Waals surface area contributed by atoms with E-state index in [0.717, 1.165) is 31.2 Å². The second-order valence-corrected chi connectivity index (χ2v) is 8.49. The summed E-state index contributed by atoms with van der Waals surface area (Å²) >= 11 is 0. The Balaban J connectivity index is 2.10. The van der Waals surface area contributed by atoms with Crippen molar-refractivity contribution in [3.05, 3.63) is 97.1 Å². The topological polar surface area (TPSA) is 26.3 Å². The molecule has 4 rings (SSSR count). The molecule has 0 bridgehead atoms. The highest BCUT2D eigenvalue weighted by atomic mass is 32.2. The van der Waals surface area contributed by atoms with Gasteiger partial charge in [-0.2, -0.15) is 0 Å². The molecule has 128 valence electrons. The van der Waals surface area contributed by atoms with Crippen LogP contribution in [0.15, 0.2) is 112 Å². The lowest BCUT2D eigenvalue weighted by Crippen LogP contribution is -2.13. The van der Waals surface area contributed by atoms with E-state index in [2.05, 4.69) is 0 Å². The SMILES string of the molecule is COc1ccc([S+](=O)(c2ccccc2)c2ccccc2)c2ccccc12. The molecule has 3 heteroatoms. The Morgan fingerprint density at radius 1 is 0.615 bits per heavy atom. The molecule has 2 nitrogen and oxygen atoms in total. The highest BCUT2D eigenvalue weighted by Gasteiger charge is 2.39. The molecule has 0 radical (unpaired) electrons. The number of hydrogen-bond donors (Lipinski definition) is 0. The van der Waals surface area contributed by atoms with Gasteiger partial charge in [0.1, 0.15) is 5.75 Å². The minimum Gasteiger partial charge on any atom is -0.496 e. The summed E-state index contributed by atoms with van der Waals surface area (Å²) in [5.74, 6) is 0.784. The molecule has 0 saturated heterocycles. The standard InChI is InChI=1S/C23H19O2S/c1-25-22-16-17-23(21-15-9-8-14-20(21)22)26(24,18-10-4-2-5-11-18)19-12-6-3-7-13-19/h2-17H,1H3/q+1. The Bertz CT molecular complexity index is 1050. The van der Waals surface area contributed by atoms with Crippen LogP contribution >= 0.6 is 0 Å². The fourth-order valence-electron chi connectivity index (χ4n) is 3.29. The number of hydrogen-bond acceptors (Lipinski definition) is 2. The Hall–Kier alpha value is -2.91. The van der Waals surface area contributed by atoms with Crippen LogP contribution in [-0.2, 0) is 14.1 Å². The zero-order valence-electron chi connectivity index (χ0n) is 14.5. The van der Waals surface area contributed by atoms with Gasteiger partial charge in [-0.1, -0.05) is 58.8 Å². The summed E-state index contributed by atoms with van der Waals surface area (Å²) in [5.41, 5.74) is 0. The molecule has 0 fully saturated rings. The third-order valence-corrected chi connectivity index (χ3v) is 7.37. The molecule has 0 unspecified atom stereocenters. The summed E-state index contributed by atoms with van der Waals surface area (Å²) in [5, 5.41) is 1.91. The van der Waals surface area contributed by atoms with Gasteiger partial charge in [0.25, 0.3) is 0 Å². The lowest BCUT2D eigenvalue weighted by Gasteiger charge is -2.15. The van der Waals surface area contributed by atoms with Crippen LogP contribution in [0.5, 0.6) is 5.75 Å². The minimum atomic E-state index is -2.63. The molecule has 0 aliphatic rings. The molecule has 0 saturated carbocycles. The van der Waals surface area contributed by atoms with Crippen LogP contribution in [0, 0.1) is 0 Å². The zero-order valence-corrected chi connectivity index (χ0v) is 15.3. The maximum atomic E-state index is 14.6. The molecule has 0 heterocycles. The molecule has 26 heavy (non-hydrogen) atoms. The fraction of sp³-hybridized carbons (Fsp3) is 0.0435. The monoisotopic (exact) mass is 359 g/mol. The van der Waals surface area contributed by atoms with Crippen molar-refractivity contribution in [1.82, 2.24) is 0 Å². The summed E-state index contributed by atoms with van der Waals surface area (Å²) in [6.45, 7) is 0. The van der Waals surface area contributed by atoms with Crippen molar-refractivity contribution in [1.29, 1.82) is 0 Å². The third-order valence-electron chi connectivity index (χ3n) is 4.52. The van der Waals surface area contributed by atoms with E-state index < -0.39 is 9.93 Å². The van der Waals surface area contributed by atoms with Crippen LogP contribution in [0.1, 0.15) is 0 Å². The smallest absolute Gasteiger partial charge is 0.182 e. The van der Waals surface area contributed by atoms with Gasteiger partial charge in [0, 0.05) is 10.8 Å². The van der Waals surface area contributed by atoms with E-state index >= 15 is 0 Å². The molecule has 4 aromatic carbocycles. The Morgan fingerprint density at radius 2 is 1.12 bits per heavy atom. The molecule has 0 aliphatic heterocycles. The number of benzene rings is 4. The van der Waals surface area contributed by atoms with Gasteiger partial charge < -0.3 is 4.74 Å². The van der Waals surface area contributed by atoms with Gasteiger partial charge in [0.05, 0.1) is 7.11 Å². The second kappa shape index (κ2) is 6.77. The zero-order chi connectivity index (χ0) is 18.0. The lowest BCUT2D eigenvalue weighted by molar-refractivity contribution is 0.419. The average Bonchev–Trinajstić information content (AvgIpc) is 2.73. The van der Waals surface area contributed by atoms with E-state index in [1.807, 2.05) is 97.1 Å². The average molecular weight is 359 g/mol. The summed E-state index contributed by atoms with van der Waals surface area (Å²) in [7, 11) is -0.972. The predicted octanol–water partition coefficient (Wildman–Crippen LogP) is 5.83. The quantitative estimate of drug-likeness (QED) is 0.429. The fourth-order valence-corrected chi connectivity index (χ4v) is 5.89. The van der Waals surface area contributed by atoms with Crippen molar-refractivity contribution in [2.75, 3.05) is 7.11 Å². The molecule has 0 amide bonds. The molecule has 4 aromatic rings. The van der Waals surface area contributed by atoms with E-state index in [4.69, 9.17) is 4.74 Å². The van der Waals surface area contributed by atoms with Crippen LogP contribution in [0.25, 0.3) is 10.8 Å². The van der Waals surface area contributed by atoms with Crippen molar-refractivity contribution in [2.45, 2.75) is 14.7 Å². The van der Waals surface area contributed by atoms with Crippen molar-refractivity contribution in [2.24, 2.45) is 0 Å². The minimum absolute atomic E-state index is 0.784. The van der Waals surface area contributed by atoms with Gasteiger partial charge in [-0.25, -0.2) is 0 Å². The van der Waals surface area contributed by atoms with Crippen LogP contribution < -0.4 is 4.74 Å². The van der Waals surface area contributed by atoms with Crippen molar-refractivity contribution >= 4 is 20.7 Å². The second-order valence-electron chi connectivity index (χ2n) is 5.99. The van der Waals surface area contributed by atoms with Gasteiger partial charge in [0.2, 0.25) is 0 Å². The summed E-state index contributed by atoms with van der Waals surface area (Å²) in [6, 6.07) is 31.2. The number of rotatable bonds is 4. The molecule has 0 atom stereocenters. The Morgan fingerprint density at radius 3 is 1.65 bits per heavy atom. The molecular formula is C23H19O2S+. The van der Waals surface area contributed by atoms with Crippen LogP contribution in [-0.4, -0.2) is 7.11 Å². The van der Waals surface area contributed by atoms with E-state index in [0.29, 0.717) is 0 Å². The highest BCUT2D eigenvalue weighted by molar-refractivity contribution is 8.03. The highest BCUT2D eigenvalue weighted by Crippen LogP contribution is 2.42. The van der Waals surface area contributed by atoms with Gasteiger partial charge in [-0.15, -0.1) is 0 Å². The maximum absolute atomic E-state index is 14.6. The van der Waals surface area contributed by atoms with Crippen LogP contribution in [0.3, 0.4) is 0 Å². The maximum Gasteiger partial charge on any atom is 0.182 e. The number of ether oxygens (including phenoxy) is 1. The number of methoxy groups -OCH3 is 1. The summed E-state index contributed by atoms with van der Waals surface area (Å²) in [6.07, 6.45) is 0. The Labute approximate surface area is 154 Å². The van der Waals surface area contributed by atoms with Crippen molar-refractivity contribution < 1.29 is 8.95 Å². The molecule has 0 N–H and O–H groups in total. The van der Waals surface area contributed by atoms with Gasteiger partial charge in [-0.05, 0) is 42.5 Å². The first-order valence-electron chi connectivity index (χ1n) is 8.45. The molecule has 0 spiro atoms. The van der Waals surface area contributed by atoms with Crippen LogP contribution in [0.2, 0.25) is 0 Å². The first kappa shape index (κ1) is 16.6. The normalized spacial score (nSPS) is 11.4.